The fourth-order valence-corrected chi connectivity index (χ4v) is 3.93. The number of carbonyl (C=O) groups excluding carboxylic acids is 1. The lowest BCUT2D eigenvalue weighted by Crippen LogP contribution is -2.30. The highest BCUT2D eigenvalue weighted by molar-refractivity contribution is 5.94. The molecule has 4 rings (SSSR count). The Balaban J connectivity index is 1.41. The van der Waals surface area contributed by atoms with Gasteiger partial charge in [0.05, 0.1) is 13.2 Å². The molecule has 2 heterocycles. The molecular weight excluding hydrogens is 390 g/mol. The monoisotopic (exact) mass is 419 g/mol. The van der Waals surface area contributed by atoms with E-state index in [0.717, 1.165) is 44.2 Å². The van der Waals surface area contributed by atoms with Crippen molar-refractivity contribution in [3.8, 4) is 5.75 Å². The predicted molar refractivity (Wildman–Crippen MR) is 119 cm³/mol. The van der Waals surface area contributed by atoms with E-state index in [4.69, 9.17) is 4.74 Å². The summed E-state index contributed by atoms with van der Waals surface area (Å²) in [5, 5.41) is 11.9. The predicted octanol–water partition coefficient (Wildman–Crippen LogP) is 3.14. The smallest absolute Gasteiger partial charge is 0.251 e. The molecule has 1 aromatic heterocycles. The Bertz CT molecular complexity index is 1040. The first-order valence-corrected chi connectivity index (χ1v) is 10.7. The lowest BCUT2D eigenvalue weighted by atomic mass is 10.1. The van der Waals surface area contributed by atoms with Crippen molar-refractivity contribution >= 4 is 5.91 Å². The number of nitrogens with zero attached hydrogens (tertiary/aromatic N) is 4. The standard InChI is InChI=1S/C24H29N5O2/c1-17-7-9-19(10-8-17)16-28-12-11-22-26-27-23(29(22)14-13-28)18(2)25-24(30)20-5-4-6-21(15-20)31-3/h4-10,15,18H,11-14,16H2,1-3H3,(H,25,30)/t18-/m0/s1. The molecule has 0 spiro atoms. The van der Waals surface area contributed by atoms with E-state index in [2.05, 4.69) is 56.2 Å². The van der Waals surface area contributed by atoms with Crippen molar-refractivity contribution in [2.45, 2.75) is 39.4 Å². The number of amides is 1. The van der Waals surface area contributed by atoms with Crippen molar-refractivity contribution in [1.82, 2.24) is 25.0 Å². The maximum absolute atomic E-state index is 12.7. The van der Waals surface area contributed by atoms with Crippen molar-refractivity contribution in [2.75, 3.05) is 20.2 Å². The number of hydrogen-bond acceptors (Lipinski definition) is 5. The van der Waals surface area contributed by atoms with Crippen LogP contribution in [0.15, 0.2) is 48.5 Å². The van der Waals surface area contributed by atoms with Crippen LogP contribution in [0.4, 0.5) is 0 Å². The number of carbonyl (C=O) groups is 1. The Morgan fingerprint density at radius 3 is 2.71 bits per heavy atom. The molecule has 0 aliphatic carbocycles. The van der Waals surface area contributed by atoms with Gasteiger partial charge in [0.25, 0.3) is 5.91 Å². The SMILES string of the molecule is COc1cccc(C(=O)N[C@@H](C)c2nnc3n2CCN(Cc2ccc(C)cc2)CC3)c1. The van der Waals surface area contributed by atoms with Gasteiger partial charge in [-0.1, -0.05) is 35.9 Å². The highest BCUT2D eigenvalue weighted by Crippen LogP contribution is 2.18. The van der Waals surface area contributed by atoms with Crippen LogP contribution in [-0.4, -0.2) is 45.8 Å². The van der Waals surface area contributed by atoms with Gasteiger partial charge in [-0.05, 0) is 37.6 Å². The summed E-state index contributed by atoms with van der Waals surface area (Å²) in [6.07, 6.45) is 0.843. The van der Waals surface area contributed by atoms with Crippen LogP contribution in [0.2, 0.25) is 0 Å². The van der Waals surface area contributed by atoms with Crippen LogP contribution in [0, 0.1) is 6.92 Å². The Kier molecular flexibility index (Phi) is 6.32. The van der Waals surface area contributed by atoms with E-state index in [1.54, 1.807) is 19.2 Å². The summed E-state index contributed by atoms with van der Waals surface area (Å²) in [6, 6.07) is 15.6. The van der Waals surface area contributed by atoms with E-state index < -0.39 is 0 Å². The molecule has 1 N–H and O–H groups in total. The average Bonchev–Trinajstić information content (AvgIpc) is 3.09. The van der Waals surface area contributed by atoms with Gasteiger partial charge in [-0.3, -0.25) is 9.69 Å². The maximum atomic E-state index is 12.7. The molecule has 0 radical (unpaired) electrons. The normalized spacial score (nSPS) is 15.1. The van der Waals surface area contributed by atoms with E-state index >= 15 is 0 Å². The lowest BCUT2D eigenvalue weighted by molar-refractivity contribution is 0.0937. The van der Waals surface area contributed by atoms with Crippen LogP contribution < -0.4 is 10.1 Å². The Labute approximate surface area is 183 Å². The number of nitrogens with one attached hydrogen (secondary N) is 1. The first kappa shape index (κ1) is 21.1. The number of fused-ring (bicyclic) bond motifs is 1. The minimum Gasteiger partial charge on any atom is -0.497 e. The molecule has 0 unspecified atom stereocenters. The molecule has 7 heteroatoms. The zero-order chi connectivity index (χ0) is 21.8. The highest BCUT2D eigenvalue weighted by Gasteiger charge is 2.23. The van der Waals surface area contributed by atoms with Gasteiger partial charge in [0.2, 0.25) is 0 Å². The van der Waals surface area contributed by atoms with Gasteiger partial charge in [0.15, 0.2) is 5.82 Å². The summed E-state index contributed by atoms with van der Waals surface area (Å²) >= 11 is 0. The summed E-state index contributed by atoms with van der Waals surface area (Å²) in [6.45, 7) is 7.65. The number of aryl methyl sites for hydroxylation is 1. The molecule has 2 aromatic carbocycles. The third kappa shape index (κ3) is 4.94. The summed E-state index contributed by atoms with van der Waals surface area (Å²) < 4.78 is 7.38. The Morgan fingerprint density at radius 2 is 1.94 bits per heavy atom. The van der Waals surface area contributed by atoms with E-state index in [1.165, 1.54) is 11.1 Å². The molecule has 1 aliphatic rings. The van der Waals surface area contributed by atoms with Crippen LogP contribution in [0.25, 0.3) is 0 Å². The van der Waals surface area contributed by atoms with Crippen LogP contribution in [0.5, 0.6) is 5.75 Å². The minimum atomic E-state index is -0.247. The van der Waals surface area contributed by atoms with Gasteiger partial charge in [-0.25, -0.2) is 0 Å². The lowest BCUT2D eigenvalue weighted by Gasteiger charge is -2.20. The van der Waals surface area contributed by atoms with Crippen molar-refractivity contribution in [3.05, 3.63) is 76.9 Å². The quantitative estimate of drug-likeness (QED) is 0.665. The van der Waals surface area contributed by atoms with Crippen molar-refractivity contribution < 1.29 is 9.53 Å². The second-order valence-electron chi connectivity index (χ2n) is 8.06. The number of aromatic nitrogens is 3. The van der Waals surface area contributed by atoms with E-state index in [1.807, 2.05) is 19.1 Å². The fraction of sp³-hybridized carbons (Fsp3) is 0.375. The minimum absolute atomic E-state index is 0.154. The molecule has 0 saturated heterocycles. The van der Waals surface area contributed by atoms with E-state index in [9.17, 15) is 4.79 Å². The number of rotatable bonds is 6. The third-order valence-corrected chi connectivity index (χ3v) is 5.74. The van der Waals surface area contributed by atoms with Crippen LogP contribution in [-0.2, 0) is 19.5 Å². The molecule has 1 aliphatic heterocycles. The fourth-order valence-electron chi connectivity index (χ4n) is 3.93. The Morgan fingerprint density at radius 1 is 1.13 bits per heavy atom. The molecule has 1 atom stereocenters. The Hall–Kier alpha value is -3.19. The van der Waals surface area contributed by atoms with Gasteiger partial charge in [-0.2, -0.15) is 0 Å². The summed E-state index contributed by atoms with van der Waals surface area (Å²) in [4.78, 5) is 15.1. The molecule has 7 nitrogen and oxygen atoms in total. The summed E-state index contributed by atoms with van der Waals surface area (Å²) in [5.74, 6) is 2.27. The first-order valence-electron chi connectivity index (χ1n) is 10.7. The van der Waals surface area contributed by atoms with Gasteiger partial charge in [-0.15, -0.1) is 10.2 Å². The maximum Gasteiger partial charge on any atom is 0.251 e. The zero-order valence-corrected chi connectivity index (χ0v) is 18.3. The molecule has 1 amide bonds. The summed E-state index contributed by atoms with van der Waals surface area (Å²) in [7, 11) is 1.59. The number of ether oxygens (including phenoxy) is 1. The van der Waals surface area contributed by atoms with E-state index in [0.29, 0.717) is 11.3 Å². The second kappa shape index (κ2) is 9.31. The number of benzene rings is 2. The van der Waals surface area contributed by atoms with Gasteiger partial charge in [0, 0.05) is 38.2 Å². The second-order valence-corrected chi connectivity index (χ2v) is 8.06. The van der Waals surface area contributed by atoms with Gasteiger partial charge < -0.3 is 14.6 Å². The summed E-state index contributed by atoms with van der Waals surface area (Å²) in [5.41, 5.74) is 3.16. The van der Waals surface area contributed by atoms with Crippen LogP contribution in [0.1, 0.15) is 46.1 Å². The van der Waals surface area contributed by atoms with Crippen LogP contribution >= 0.6 is 0 Å². The zero-order valence-electron chi connectivity index (χ0n) is 18.3. The van der Waals surface area contributed by atoms with E-state index in [-0.39, 0.29) is 11.9 Å². The van der Waals surface area contributed by atoms with Gasteiger partial charge in [0.1, 0.15) is 11.6 Å². The molecule has 0 fully saturated rings. The largest absolute Gasteiger partial charge is 0.497 e. The number of methoxy groups -OCH3 is 1. The molecule has 162 valence electrons. The average molecular weight is 420 g/mol. The van der Waals surface area contributed by atoms with Crippen molar-refractivity contribution in [3.63, 3.8) is 0 Å². The molecule has 31 heavy (non-hydrogen) atoms. The topological polar surface area (TPSA) is 72.3 Å². The van der Waals surface area contributed by atoms with Gasteiger partial charge >= 0.3 is 0 Å². The van der Waals surface area contributed by atoms with Crippen LogP contribution in [0.3, 0.4) is 0 Å². The molecule has 0 saturated carbocycles. The molecule has 3 aromatic rings. The number of hydrogen-bond donors (Lipinski definition) is 1. The van der Waals surface area contributed by atoms with Crippen molar-refractivity contribution in [2.24, 2.45) is 0 Å². The molecular formula is C24H29N5O2. The highest BCUT2D eigenvalue weighted by atomic mass is 16.5. The third-order valence-electron chi connectivity index (χ3n) is 5.74. The molecule has 0 bridgehead atoms. The first-order chi connectivity index (χ1) is 15.0. The van der Waals surface area contributed by atoms with Crippen molar-refractivity contribution in [1.29, 1.82) is 0 Å².